The molecule has 0 radical (unpaired) electrons. The summed E-state index contributed by atoms with van der Waals surface area (Å²) in [7, 11) is -0.709. The fourth-order valence-corrected chi connectivity index (χ4v) is 2.89. The summed E-state index contributed by atoms with van der Waals surface area (Å²) in [6.07, 6.45) is 0.123. The molecule has 1 aromatic rings. The molecular weight excluding hydrogens is 278 g/mol. The summed E-state index contributed by atoms with van der Waals surface area (Å²) in [4.78, 5) is 11.3. The van der Waals surface area contributed by atoms with E-state index in [2.05, 4.69) is 11.3 Å². The van der Waals surface area contributed by atoms with E-state index in [-0.39, 0.29) is 23.8 Å². The zero-order chi connectivity index (χ0) is 15.3. The highest BCUT2D eigenvalue weighted by molar-refractivity contribution is 7.89. The molecule has 0 heterocycles. The first-order valence-electron chi connectivity index (χ1n) is 6.04. The van der Waals surface area contributed by atoms with Gasteiger partial charge in [0.15, 0.2) is 0 Å². The molecule has 0 spiro atoms. The van der Waals surface area contributed by atoms with Crippen LogP contribution in [-0.4, -0.2) is 39.4 Å². The van der Waals surface area contributed by atoms with Crippen LogP contribution in [-0.2, 0) is 26.0 Å². The second-order valence-corrected chi connectivity index (χ2v) is 6.66. The predicted octanol–water partition coefficient (Wildman–Crippen LogP) is 1.60. The zero-order valence-corrected chi connectivity index (χ0v) is 12.7. The molecule has 20 heavy (non-hydrogen) atoms. The van der Waals surface area contributed by atoms with Crippen LogP contribution in [0.3, 0.4) is 0 Å². The Morgan fingerprint density at radius 3 is 2.30 bits per heavy atom. The van der Waals surface area contributed by atoms with Gasteiger partial charge in [-0.3, -0.25) is 4.79 Å². The summed E-state index contributed by atoms with van der Waals surface area (Å²) in [5.74, 6) is -0.361. The largest absolute Gasteiger partial charge is 0.469 e. The Morgan fingerprint density at radius 1 is 1.30 bits per heavy atom. The molecule has 0 aliphatic carbocycles. The maximum Gasteiger partial charge on any atom is 0.309 e. The highest BCUT2D eigenvalue weighted by Crippen LogP contribution is 2.16. The van der Waals surface area contributed by atoms with Crippen LogP contribution in [0.4, 0.5) is 0 Å². The van der Waals surface area contributed by atoms with E-state index in [1.54, 1.807) is 19.1 Å². The van der Waals surface area contributed by atoms with Crippen LogP contribution >= 0.6 is 0 Å². The van der Waals surface area contributed by atoms with E-state index >= 15 is 0 Å². The maximum atomic E-state index is 12.3. The lowest BCUT2D eigenvalue weighted by molar-refractivity contribution is -0.139. The lowest BCUT2D eigenvalue weighted by Gasteiger charge is -2.17. The van der Waals surface area contributed by atoms with Gasteiger partial charge in [-0.1, -0.05) is 24.3 Å². The number of likely N-dealkylation sites (N-methyl/N-ethyl adjacent to an activating group) is 1. The molecule has 0 aromatic heterocycles. The van der Waals surface area contributed by atoms with E-state index in [0.717, 1.165) is 5.57 Å². The molecule has 0 unspecified atom stereocenters. The van der Waals surface area contributed by atoms with Crippen molar-refractivity contribution in [1.82, 2.24) is 4.31 Å². The van der Waals surface area contributed by atoms with Crippen molar-refractivity contribution in [3.63, 3.8) is 0 Å². The molecule has 0 aliphatic heterocycles. The van der Waals surface area contributed by atoms with E-state index < -0.39 is 10.0 Å². The lowest BCUT2D eigenvalue weighted by atomic mass is 10.2. The van der Waals surface area contributed by atoms with Gasteiger partial charge in [-0.2, -0.15) is 4.31 Å². The first-order valence-corrected chi connectivity index (χ1v) is 7.48. The smallest absolute Gasteiger partial charge is 0.309 e. The summed E-state index contributed by atoms with van der Waals surface area (Å²) < 4.78 is 30.3. The van der Waals surface area contributed by atoms with Crippen LogP contribution in [0.25, 0.3) is 0 Å². The van der Waals surface area contributed by atoms with E-state index in [0.29, 0.717) is 5.56 Å². The number of methoxy groups -OCH3 is 1. The van der Waals surface area contributed by atoms with Crippen LogP contribution in [0, 0.1) is 0 Å². The third-order valence-corrected chi connectivity index (χ3v) is 4.52. The van der Waals surface area contributed by atoms with Crippen molar-refractivity contribution in [2.75, 3.05) is 20.7 Å². The molecule has 5 nitrogen and oxygen atoms in total. The standard InChI is InChI=1S/C14H19NO4S/c1-11(2)10-15(3)20(17,18)13-7-5-12(6-8-13)9-14(16)19-4/h5-8H,1,9-10H2,2-4H3. The molecule has 0 N–H and O–H groups in total. The third kappa shape index (κ3) is 4.18. The van der Waals surface area contributed by atoms with Gasteiger partial charge in [-0.15, -0.1) is 0 Å². The Bertz CT molecular complexity index is 590. The number of carbonyl (C=O) groups is 1. The quantitative estimate of drug-likeness (QED) is 0.591. The number of benzene rings is 1. The topological polar surface area (TPSA) is 63.7 Å². The fourth-order valence-electron chi connectivity index (χ4n) is 1.66. The number of ether oxygens (including phenoxy) is 1. The average molecular weight is 297 g/mol. The molecule has 0 atom stereocenters. The molecule has 0 saturated carbocycles. The summed E-state index contributed by atoms with van der Waals surface area (Å²) in [5, 5.41) is 0. The number of carbonyl (C=O) groups excluding carboxylic acids is 1. The number of hydrogen-bond donors (Lipinski definition) is 0. The van der Waals surface area contributed by atoms with Crippen LogP contribution < -0.4 is 0 Å². The van der Waals surface area contributed by atoms with Crippen molar-refractivity contribution < 1.29 is 17.9 Å². The van der Waals surface area contributed by atoms with E-state index in [1.807, 2.05) is 0 Å². The highest BCUT2D eigenvalue weighted by Gasteiger charge is 2.20. The normalized spacial score (nSPS) is 11.4. The van der Waals surface area contributed by atoms with Crippen molar-refractivity contribution in [3.05, 3.63) is 42.0 Å². The van der Waals surface area contributed by atoms with Crippen molar-refractivity contribution in [2.45, 2.75) is 18.2 Å². The molecular formula is C14H19NO4S. The second kappa shape index (κ2) is 6.67. The molecule has 0 bridgehead atoms. The Labute approximate surface area is 119 Å². The molecule has 0 fully saturated rings. The number of esters is 1. The number of nitrogens with zero attached hydrogens (tertiary/aromatic N) is 1. The van der Waals surface area contributed by atoms with E-state index in [1.165, 1.54) is 30.6 Å². The fraction of sp³-hybridized carbons (Fsp3) is 0.357. The second-order valence-electron chi connectivity index (χ2n) is 4.62. The van der Waals surface area contributed by atoms with Crippen LogP contribution in [0.2, 0.25) is 0 Å². The van der Waals surface area contributed by atoms with Gasteiger partial charge in [0, 0.05) is 13.6 Å². The van der Waals surface area contributed by atoms with Gasteiger partial charge in [-0.25, -0.2) is 8.42 Å². The van der Waals surface area contributed by atoms with Gasteiger partial charge in [0.2, 0.25) is 10.0 Å². The maximum absolute atomic E-state index is 12.3. The van der Waals surface area contributed by atoms with Crippen LogP contribution in [0.1, 0.15) is 12.5 Å². The molecule has 1 rings (SSSR count). The van der Waals surface area contributed by atoms with Crippen molar-refractivity contribution in [2.24, 2.45) is 0 Å². The monoisotopic (exact) mass is 297 g/mol. The minimum Gasteiger partial charge on any atom is -0.469 e. The van der Waals surface area contributed by atoms with Gasteiger partial charge >= 0.3 is 5.97 Å². The molecule has 110 valence electrons. The van der Waals surface area contributed by atoms with Gasteiger partial charge in [0.25, 0.3) is 0 Å². The van der Waals surface area contributed by atoms with Crippen molar-refractivity contribution in [3.8, 4) is 0 Å². The molecule has 0 saturated heterocycles. The van der Waals surface area contributed by atoms with Crippen molar-refractivity contribution in [1.29, 1.82) is 0 Å². The molecule has 1 aromatic carbocycles. The summed E-state index contributed by atoms with van der Waals surface area (Å²) in [5.41, 5.74) is 1.47. The first-order chi connectivity index (χ1) is 9.27. The first kappa shape index (κ1) is 16.4. The van der Waals surface area contributed by atoms with E-state index in [4.69, 9.17) is 0 Å². The molecule has 6 heteroatoms. The van der Waals surface area contributed by atoms with E-state index in [9.17, 15) is 13.2 Å². The zero-order valence-electron chi connectivity index (χ0n) is 11.9. The van der Waals surface area contributed by atoms with Crippen LogP contribution in [0.5, 0.6) is 0 Å². The Balaban J connectivity index is 2.92. The Hall–Kier alpha value is -1.66. The SMILES string of the molecule is C=C(C)CN(C)S(=O)(=O)c1ccc(CC(=O)OC)cc1. The van der Waals surface area contributed by atoms with Crippen molar-refractivity contribution >= 4 is 16.0 Å². The number of rotatable bonds is 6. The Kier molecular flexibility index (Phi) is 5.47. The summed E-state index contributed by atoms with van der Waals surface area (Å²) in [6, 6.07) is 6.20. The summed E-state index contributed by atoms with van der Waals surface area (Å²) >= 11 is 0. The van der Waals surface area contributed by atoms with Crippen LogP contribution in [0.15, 0.2) is 41.3 Å². The summed E-state index contributed by atoms with van der Waals surface area (Å²) in [6.45, 7) is 5.74. The number of hydrogen-bond acceptors (Lipinski definition) is 4. The number of sulfonamides is 1. The van der Waals surface area contributed by atoms with Gasteiger partial charge in [0.1, 0.15) is 0 Å². The lowest BCUT2D eigenvalue weighted by Crippen LogP contribution is -2.28. The molecule has 0 aliphatic rings. The van der Waals surface area contributed by atoms with Gasteiger partial charge < -0.3 is 4.74 Å². The average Bonchev–Trinajstić information content (AvgIpc) is 2.38. The Morgan fingerprint density at radius 2 is 1.85 bits per heavy atom. The van der Waals surface area contributed by atoms with Gasteiger partial charge in [-0.05, 0) is 24.6 Å². The minimum absolute atomic E-state index is 0.123. The predicted molar refractivity (Wildman–Crippen MR) is 76.8 cm³/mol. The van der Waals surface area contributed by atoms with Gasteiger partial charge in [0.05, 0.1) is 18.4 Å². The highest BCUT2D eigenvalue weighted by atomic mass is 32.2. The molecule has 0 amide bonds. The third-order valence-electron chi connectivity index (χ3n) is 2.70. The minimum atomic E-state index is -3.53.